The predicted octanol–water partition coefficient (Wildman–Crippen LogP) is 1.62. The summed E-state index contributed by atoms with van der Waals surface area (Å²) in [5.41, 5.74) is 1.35. The van der Waals surface area contributed by atoms with Crippen molar-refractivity contribution in [3.63, 3.8) is 0 Å². The van der Waals surface area contributed by atoms with Crippen LogP contribution in [0.3, 0.4) is 0 Å². The Morgan fingerprint density at radius 2 is 1.95 bits per heavy atom. The molecular formula is C16H27NO3. The Labute approximate surface area is 122 Å². The zero-order valence-corrected chi connectivity index (χ0v) is 12.5. The number of rotatable bonds is 11. The normalized spacial score (nSPS) is 14.2. The van der Waals surface area contributed by atoms with Gasteiger partial charge >= 0.3 is 0 Å². The second kappa shape index (κ2) is 10.8. The minimum atomic E-state index is -0.467. The lowest BCUT2D eigenvalue weighted by molar-refractivity contribution is 0.0130. The van der Waals surface area contributed by atoms with E-state index in [0.29, 0.717) is 32.4 Å². The number of aryl methyl sites for hydroxylation is 1. The minimum absolute atomic E-state index is 0.349. The maximum Gasteiger partial charge on any atom is 0.0897 e. The summed E-state index contributed by atoms with van der Waals surface area (Å²) in [4.78, 5) is 0. The summed E-state index contributed by atoms with van der Waals surface area (Å²) in [6.45, 7) is 4.14. The highest BCUT2D eigenvalue weighted by atomic mass is 16.5. The molecule has 0 radical (unpaired) electrons. The lowest BCUT2D eigenvalue weighted by atomic mass is 10.1. The van der Waals surface area contributed by atoms with Crippen molar-refractivity contribution in [3.05, 3.63) is 35.9 Å². The molecule has 0 aliphatic rings. The van der Waals surface area contributed by atoms with Gasteiger partial charge in [0.05, 0.1) is 25.9 Å². The van der Waals surface area contributed by atoms with Gasteiger partial charge in [0, 0.05) is 19.7 Å². The minimum Gasteiger partial charge on any atom is -0.389 e. The summed E-state index contributed by atoms with van der Waals surface area (Å²) in [5.74, 6) is 0. The summed E-state index contributed by atoms with van der Waals surface area (Å²) < 4.78 is 10.2. The SMILES string of the molecule is COCCOCC(O)CNC(C)CCc1ccccc1. The monoisotopic (exact) mass is 281 g/mol. The van der Waals surface area contributed by atoms with Crippen molar-refractivity contribution in [2.24, 2.45) is 0 Å². The molecule has 2 N–H and O–H groups in total. The van der Waals surface area contributed by atoms with Crippen LogP contribution < -0.4 is 5.32 Å². The van der Waals surface area contributed by atoms with Gasteiger partial charge in [-0.3, -0.25) is 0 Å². The largest absolute Gasteiger partial charge is 0.389 e. The van der Waals surface area contributed by atoms with Crippen molar-refractivity contribution in [2.45, 2.75) is 31.9 Å². The van der Waals surface area contributed by atoms with Crippen LogP contribution in [0.4, 0.5) is 0 Å². The van der Waals surface area contributed by atoms with Crippen LogP contribution in [0.1, 0.15) is 18.9 Å². The fraction of sp³-hybridized carbons (Fsp3) is 0.625. The topological polar surface area (TPSA) is 50.7 Å². The maximum absolute atomic E-state index is 9.75. The highest BCUT2D eigenvalue weighted by Gasteiger charge is 2.07. The number of methoxy groups -OCH3 is 1. The van der Waals surface area contributed by atoms with Crippen molar-refractivity contribution >= 4 is 0 Å². The van der Waals surface area contributed by atoms with Gasteiger partial charge in [-0.2, -0.15) is 0 Å². The van der Waals surface area contributed by atoms with Gasteiger partial charge in [-0.1, -0.05) is 30.3 Å². The molecule has 0 aliphatic heterocycles. The first kappa shape index (κ1) is 17.1. The molecule has 2 unspecified atom stereocenters. The van der Waals surface area contributed by atoms with Crippen LogP contribution in [0.25, 0.3) is 0 Å². The zero-order chi connectivity index (χ0) is 14.6. The number of aliphatic hydroxyl groups is 1. The smallest absolute Gasteiger partial charge is 0.0897 e. The molecule has 0 saturated carbocycles. The Morgan fingerprint density at radius 1 is 1.20 bits per heavy atom. The quantitative estimate of drug-likeness (QED) is 0.605. The molecule has 0 bridgehead atoms. The summed E-state index contributed by atoms with van der Waals surface area (Å²) in [6.07, 6.45) is 1.64. The molecule has 4 nitrogen and oxygen atoms in total. The second-order valence-electron chi connectivity index (χ2n) is 5.06. The fourth-order valence-corrected chi connectivity index (χ4v) is 1.89. The standard InChI is InChI=1S/C16H27NO3/c1-14(8-9-15-6-4-3-5-7-15)17-12-16(18)13-20-11-10-19-2/h3-7,14,16-18H,8-13H2,1-2H3. The van der Waals surface area contributed by atoms with Crippen molar-refractivity contribution in [3.8, 4) is 0 Å². The van der Waals surface area contributed by atoms with Gasteiger partial charge < -0.3 is 19.9 Å². The van der Waals surface area contributed by atoms with Crippen molar-refractivity contribution in [1.29, 1.82) is 0 Å². The summed E-state index contributed by atoms with van der Waals surface area (Å²) in [5, 5.41) is 13.1. The van der Waals surface area contributed by atoms with Crippen LogP contribution in [0.2, 0.25) is 0 Å². The van der Waals surface area contributed by atoms with Crippen LogP contribution >= 0.6 is 0 Å². The Bertz CT molecular complexity index is 332. The Hall–Kier alpha value is -0.940. The van der Waals surface area contributed by atoms with Crippen molar-refractivity contribution in [1.82, 2.24) is 5.32 Å². The van der Waals surface area contributed by atoms with Gasteiger partial charge in [0.2, 0.25) is 0 Å². The predicted molar refractivity (Wildman–Crippen MR) is 80.9 cm³/mol. The third-order valence-electron chi connectivity index (χ3n) is 3.15. The van der Waals surface area contributed by atoms with Crippen LogP contribution in [0.15, 0.2) is 30.3 Å². The third kappa shape index (κ3) is 8.27. The molecule has 1 aromatic carbocycles. The summed E-state index contributed by atoms with van der Waals surface area (Å²) in [7, 11) is 1.63. The molecule has 0 amide bonds. The van der Waals surface area contributed by atoms with Gasteiger partial charge in [0.1, 0.15) is 0 Å². The van der Waals surface area contributed by atoms with E-state index in [1.165, 1.54) is 5.56 Å². The number of hydrogen-bond acceptors (Lipinski definition) is 4. The molecule has 0 aliphatic carbocycles. The second-order valence-corrected chi connectivity index (χ2v) is 5.06. The molecule has 0 fully saturated rings. The molecule has 0 spiro atoms. The van der Waals surface area contributed by atoms with Crippen molar-refractivity contribution < 1.29 is 14.6 Å². The van der Waals surface area contributed by atoms with Crippen LogP contribution in [-0.4, -0.2) is 50.7 Å². The lowest BCUT2D eigenvalue weighted by Crippen LogP contribution is -2.36. The molecule has 20 heavy (non-hydrogen) atoms. The van der Waals surface area contributed by atoms with Crippen LogP contribution in [0, 0.1) is 0 Å². The highest BCUT2D eigenvalue weighted by molar-refractivity contribution is 5.14. The summed E-state index contributed by atoms with van der Waals surface area (Å²) in [6, 6.07) is 10.8. The molecule has 2 atom stereocenters. The van der Waals surface area contributed by atoms with Gasteiger partial charge in [0.15, 0.2) is 0 Å². The van der Waals surface area contributed by atoms with Crippen molar-refractivity contribution in [2.75, 3.05) is 33.5 Å². The molecule has 4 heteroatoms. The molecule has 114 valence electrons. The van der Waals surface area contributed by atoms with E-state index in [1.807, 2.05) is 6.07 Å². The molecule has 1 rings (SSSR count). The van der Waals surface area contributed by atoms with E-state index in [2.05, 4.69) is 36.5 Å². The van der Waals surface area contributed by atoms with Crippen LogP contribution in [0.5, 0.6) is 0 Å². The first-order valence-corrected chi connectivity index (χ1v) is 7.24. The highest BCUT2D eigenvalue weighted by Crippen LogP contribution is 2.04. The van der Waals surface area contributed by atoms with E-state index >= 15 is 0 Å². The summed E-state index contributed by atoms with van der Waals surface area (Å²) >= 11 is 0. The van der Waals surface area contributed by atoms with Gasteiger partial charge in [-0.25, -0.2) is 0 Å². The Kier molecular flexibility index (Phi) is 9.24. The first-order chi connectivity index (χ1) is 9.72. The van der Waals surface area contributed by atoms with E-state index in [0.717, 1.165) is 12.8 Å². The van der Waals surface area contributed by atoms with E-state index in [-0.39, 0.29) is 0 Å². The molecule has 0 aromatic heterocycles. The Morgan fingerprint density at radius 3 is 2.65 bits per heavy atom. The molecule has 0 heterocycles. The van der Waals surface area contributed by atoms with Crippen LogP contribution in [-0.2, 0) is 15.9 Å². The first-order valence-electron chi connectivity index (χ1n) is 7.24. The average molecular weight is 281 g/mol. The number of benzene rings is 1. The number of hydrogen-bond donors (Lipinski definition) is 2. The number of aliphatic hydroxyl groups excluding tert-OH is 1. The van der Waals surface area contributed by atoms with Gasteiger partial charge in [-0.05, 0) is 25.3 Å². The lowest BCUT2D eigenvalue weighted by Gasteiger charge is -2.17. The van der Waals surface area contributed by atoms with Gasteiger partial charge in [0.25, 0.3) is 0 Å². The average Bonchev–Trinajstić information content (AvgIpc) is 2.48. The van der Waals surface area contributed by atoms with E-state index < -0.39 is 6.10 Å². The number of ether oxygens (including phenoxy) is 2. The molecular weight excluding hydrogens is 254 g/mol. The van der Waals surface area contributed by atoms with E-state index in [9.17, 15) is 5.11 Å². The van der Waals surface area contributed by atoms with E-state index in [1.54, 1.807) is 7.11 Å². The maximum atomic E-state index is 9.75. The van der Waals surface area contributed by atoms with Gasteiger partial charge in [-0.15, -0.1) is 0 Å². The fourth-order valence-electron chi connectivity index (χ4n) is 1.89. The van der Waals surface area contributed by atoms with E-state index in [4.69, 9.17) is 9.47 Å². The number of nitrogens with one attached hydrogen (secondary N) is 1. The Balaban J connectivity index is 2.05. The zero-order valence-electron chi connectivity index (χ0n) is 12.5. The third-order valence-corrected chi connectivity index (χ3v) is 3.15. The molecule has 1 aromatic rings. The molecule has 0 saturated heterocycles.